The Balaban J connectivity index is 1.24. The molecule has 0 aliphatic carbocycles. The van der Waals surface area contributed by atoms with E-state index in [0.29, 0.717) is 13.1 Å². The number of aliphatic carboxylic acids is 1. The number of carboxylic acids is 1. The van der Waals surface area contributed by atoms with E-state index in [0.717, 1.165) is 33.2 Å². The van der Waals surface area contributed by atoms with Gasteiger partial charge in [-0.3, -0.25) is 4.79 Å². The lowest BCUT2D eigenvalue weighted by Crippen LogP contribution is -2.54. The third-order valence-electron chi connectivity index (χ3n) is 6.36. The van der Waals surface area contributed by atoms with Crippen LogP contribution in [0.5, 0.6) is 0 Å². The standard InChI is InChI=1S/C27H26N4O4S/c1-19(27(32)33)29-36(34,35)31-16-14-30(15-17-31)22-11-8-20(9-12-22)6-7-21-10-13-26-24(18-21)23-4-2-3-5-25(23)28-26/h2-5,8-13,18-19,28-29H,14-17H2,1H3,(H,32,33)/t19-/m1/s1. The zero-order chi connectivity index (χ0) is 25.3. The fourth-order valence-corrected chi connectivity index (χ4v) is 5.70. The maximum absolute atomic E-state index is 12.4. The van der Waals surface area contributed by atoms with Crippen LogP contribution in [0.25, 0.3) is 21.8 Å². The van der Waals surface area contributed by atoms with E-state index in [1.807, 2.05) is 42.5 Å². The summed E-state index contributed by atoms with van der Waals surface area (Å²) in [5, 5.41) is 11.3. The van der Waals surface area contributed by atoms with Gasteiger partial charge in [-0.25, -0.2) is 0 Å². The molecule has 1 aliphatic rings. The van der Waals surface area contributed by atoms with Gasteiger partial charge < -0.3 is 15.0 Å². The molecule has 3 aromatic carbocycles. The van der Waals surface area contributed by atoms with Crippen molar-refractivity contribution >= 4 is 43.7 Å². The van der Waals surface area contributed by atoms with Crippen LogP contribution in [-0.2, 0) is 15.0 Å². The first-order valence-corrected chi connectivity index (χ1v) is 13.1. The van der Waals surface area contributed by atoms with Crippen LogP contribution in [0.4, 0.5) is 5.69 Å². The molecule has 3 N–H and O–H groups in total. The highest BCUT2D eigenvalue weighted by atomic mass is 32.2. The zero-order valence-electron chi connectivity index (χ0n) is 19.7. The average Bonchev–Trinajstić information content (AvgIpc) is 3.25. The number of aromatic nitrogens is 1. The smallest absolute Gasteiger partial charge is 0.321 e. The number of benzene rings is 3. The summed E-state index contributed by atoms with van der Waals surface area (Å²) in [5.41, 5.74) is 5.03. The van der Waals surface area contributed by atoms with Gasteiger partial charge in [0.25, 0.3) is 10.2 Å². The lowest BCUT2D eigenvalue weighted by Gasteiger charge is -2.35. The number of nitrogens with one attached hydrogen (secondary N) is 2. The summed E-state index contributed by atoms with van der Waals surface area (Å²) in [4.78, 5) is 16.5. The number of hydrogen-bond acceptors (Lipinski definition) is 4. The van der Waals surface area contributed by atoms with Crippen molar-refractivity contribution in [3.8, 4) is 11.8 Å². The van der Waals surface area contributed by atoms with E-state index in [9.17, 15) is 13.2 Å². The monoisotopic (exact) mass is 502 g/mol. The largest absolute Gasteiger partial charge is 0.480 e. The van der Waals surface area contributed by atoms with E-state index in [-0.39, 0.29) is 13.1 Å². The Kier molecular flexibility index (Phi) is 6.41. The molecule has 0 unspecified atom stereocenters. The molecule has 1 fully saturated rings. The van der Waals surface area contributed by atoms with E-state index in [1.54, 1.807) is 0 Å². The van der Waals surface area contributed by atoms with Gasteiger partial charge in [-0.1, -0.05) is 30.0 Å². The number of H-pyrrole nitrogens is 1. The molecule has 9 heteroatoms. The predicted molar refractivity (Wildman–Crippen MR) is 141 cm³/mol. The van der Waals surface area contributed by atoms with Crippen molar-refractivity contribution < 1.29 is 18.3 Å². The van der Waals surface area contributed by atoms with Crippen LogP contribution in [0.2, 0.25) is 0 Å². The van der Waals surface area contributed by atoms with Crippen molar-refractivity contribution in [1.82, 2.24) is 14.0 Å². The minimum Gasteiger partial charge on any atom is -0.480 e. The summed E-state index contributed by atoms with van der Waals surface area (Å²) >= 11 is 0. The Morgan fingerprint density at radius 3 is 2.28 bits per heavy atom. The number of rotatable bonds is 5. The Bertz CT molecular complexity index is 1590. The molecule has 0 saturated carbocycles. The molecule has 1 aromatic heterocycles. The molecule has 8 nitrogen and oxygen atoms in total. The van der Waals surface area contributed by atoms with Crippen molar-refractivity contribution in [2.45, 2.75) is 13.0 Å². The van der Waals surface area contributed by atoms with Gasteiger partial charge in [-0.05, 0) is 55.5 Å². The average molecular weight is 503 g/mol. The first-order valence-electron chi connectivity index (χ1n) is 11.7. The lowest BCUT2D eigenvalue weighted by atomic mass is 10.1. The summed E-state index contributed by atoms with van der Waals surface area (Å²) in [5.74, 6) is 5.27. The number of para-hydroxylation sites is 1. The predicted octanol–water partition coefficient (Wildman–Crippen LogP) is 3.15. The van der Waals surface area contributed by atoms with E-state index >= 15 is 0 Å². The van der Waals surface area contributed by atoms with Crippen LogP contribution >= 0.6 is 0 Å². The van der Waals surface area contributed by atoms with Crippen LogP contribution in [0, 0.1) is 11.8 Å². The SMILES string of the molecule is C[C@@H](NS(=O)(=O)N1CCN(c2ccc(C#Cc3ccc4[nH]c5ccccc5c4c3)cc2)CC1)C(=O)O. The summed E-state index contributed by atoms with van der Waals surface area (Å²) in [6, 6.07) is 21.1. The number of piperazine rings is 1. The van der Waals surface area contributed by atoms with Crippen LogP contribution in [0.15, 0.2) is 66.7 Å². The second kappa shape index (κ2) is 9.66. The van der Waals surface area contributed by atoms with E-state index in [2.05, 4.69) is 50.7 Å². The second-order valence-electron chi connectivity index (χ2n) is 8.80. The number of anilines is 1. The minimum absolute atomic E-state index is 0.277. The van der Waals surface area contributed by atoms with Gasteiger partial charge in [0.2, 0.25) is 0 Å². The molecule has 36 heavy (non-hydrogen) atoms. The second-order valence-corrected chi connectivity index (χ2v) is 10.5. The summed E-state index contributed by atoms with van der Waals surface area (Å²) in [6.45, 7) is 2.89. The molecule has 2 heterocycles. The van der Waals surface area contributed by atoms with Gasteiger partial charge in [0.15, 0.2) is 0 Å². The Morgan fingerprint density at radius 2 is 1.56 bits per heavy atom. The molecule has 0 amide bonds. The van der Waals surface area contributed by atoms with Gasteiger partial charge >= 0.3 is 5.97 Å². The maximum atomic E-state index is 12.4. The summed E-state index contributed by atoms with van der Waals surface area (Å²) < 4.78 is 28.3. The quantitative estimate of drug-likeness (QED) is 0.364. The zero-order valence-corrected chi connectivity index (χ0v) is 20.5. The number of hydrogen-bond donors (Lipinski definition) is 3. The molecular formula is C27H26N4O4S. The summed E-state index contributed by atoms with van der Waals surface area (Å²) in [7, 11) is -3.84. The van der Waals surface area contributed by atoms with E-state index < -0.39 is 22.2 Å². The van der Waals surface area contributed by atoms with Crippen molar-refractivity contribution in [2.75, 3.05) is 31.1 Å². The van der Waals surface area contributed by atoms with Crippen molar-refractivity contribution in [3.63, 3.8) is 0 Å². The number of carbonyl (C=O) groups is 1. The van der Waals surface area contributed by atoms with Crippen molar-refractivity contribution in [3.05, 3.63) is 77.9 Å². The first-order chi connectivity index (χ1) is 17.3. The summed E-state index contributed by atoms with van der Waals surface area (Å²) in [6.07, 6.45) is 0. The fraction of sp³-hybridized carbons (Fsp3) is 0.222. The fourth-order valence-electron chi connectivity index (χ4n) is 4.36. The molecule has 5 rings (SSSR count). The molecule has 1 atom stereocenters. The lowest BCUT2D eigenvalue weighted by molar-refractivity contribution is -0.138. The maximum Gasteiger partial charge on any atom is 0.321 e. The van der Waals surface area contributed by atoms with Crippen LogP contribution in [0.3, 0.4) is 0 Å². The highest BCUT2D eigenvalue weighted by Crippen LogP contribution is 2.26. The first kappa shape index (κ1) is 23.9. The molecule has 1 saturated heterocycles. The van der Waals surface area contributed by atoms with Gasteiger partial charge in [-0.2, -0.15) is 17.4 Å². The van der Waals surface area contributed by atoms with E-state index in [4.69, 9.17) is 5.11 Å². The highest BCUT2D eigenvalue weighted by Gasteiger charge is 2.29. The normalized spacial score (nSPS) is 15.5. The third kappa shape index (κ3) is 4.93. The molecule has 1 aliphatic heterocycles. The van der Waals surface area contributed by atoms with Crippen molar-refractivity contribution in [1.29, 1.82) is 0 Å². The topological polar surface area (TPSA) is 106 Å². The Labute approximate surface area is 209 Å². The Hall–Kier alpha value is -3.84. The van der Waals surface area contributed by atoms with Gasteiger partial charge in [0.1, 0.15) is 6.04 Å². The Morgan fingerprint density at radius 1 is 0.917 bits per heavy atom. The number of aromatic amines is 1. The van der Waals surface area contributed by atoms with E-state index in [1.165, 1.54) is 16.6 Å². The minimum atomic E-state index is -3.84. The molecule has 184 valence electrons. The highest BCUT2D eigenvalue weighted by molar-refractivity contribution is 7.87. The van der Waals surface area contributed by atoms with Gasteiger partial charge in [0, 0.05) is 64.8 Å². The van der Waals surface area contributed by atoms with Crippen LogP contribution in [-0.4, -0.2) is 61.0 Å². The number of carboxylic acid groups (broad SMARTS) is 1. The molecule has 0 bridgehead atoms. The molecule has 0 spiro atoms. The molecule has 0 radical (unpaired) electrons. The van der Waals surface area contributed by atoms with Crippen LogP contribution in [0.1, 0.15) is 18.1 Å². The third-order valence-corrected chi connectivity index (χ3v) is 8.06. The van der Waals surface area contributed by atoms with Gasteiger partial charge in [0.05, 0.1) is 0 Å². The van der Waals surface area contributed by atoms with Gasteiger partial charge in [-0.15, -0.1) is 0 Å². The number of nitrogens with zero attached hydrogens (tertiary/aromatic N) is 2. The molecule has 4 aromatic rings. The van der Waals surface area contributed by atoms with Crippen LogP contribution < -0.4 is 9.62 Å². The van der Waals surface area contributed by atoms with Crippen molar-refractivity contribution in [2.24, 2.45) is 0 Å². The number of fused-ring (bicyclic) bond motifs is 3. The molecular weight excluding hydrogens is 476 g/mol.